The van der Waals surface area contributed by atoms with E-state index in [9.17, 15) is 9.59 Å². The number of imidazole rings is 1. The molecule has 3 heterocycles. The van der Waals surface area contributed by atoms with Crippen LogP contribution in [0.5, 0.6) is 0 Å². The molecule has 10 nitrogen and oxygen atoms in total. The lowest BCUT2D eigenvalue weighted by atomic mass is 9.92. The fraction of sp³-hybridized carbons (Fsp3) is 0.280. The fourth-order valence-electron chi connectivity index (χ4n) is 4.22. The lowest BCUT2D eigenvalue weighted by Gasteiger charge is -2.18. The van der Waals surface area contributed by atoms with Crippen LogP contribution in [0.4, 0.5) is 0 Å². The van der Waals surface area contributed by atoms with E-state index in [1.807, 2.05) is 53.1 Å². The van der Waals surface area contributed by atoms with Crippen LogP contribution in [-0.2, 0) is 20.0 Å². The van der Waals surface area contributed by atoms with Gasteiger partial charge >= 0.3 is 5.69 Å². The Morgan fingerprint density at radius 2 is 1.74 bits per heavy atom. The number of aromatic nitrogens is 8. The summed E-state index contributed by atoms with van der Waals surface area (Å²) in [6.45, 7) is 6.82. The monoisotopic (exact) mass is 470 g/mol. The number of nitrogens with zero attached hydrogens (tertiary/aromatic N) is 7. The van der Waals surface area contributed by atoms with Crippen LogP contribution in [0.25, 0.3) is 28.0 Å². The Labute approximate surface area is 200 Å². The smallest absolute Gasteiger partial charge is 0.318 e. The number of fused-ring (bicyclic) bond motifs is 1. The van der Waals surface area contributed by atoms with Crippen molar-refractivity contribution >= 4 is 11.2 Å². The Bertz CT molecular complexity index is 1620. The molecule has 0 unspecified atom stereocenters. The highest BCUT2D eigenvalue weighted by Gasteiger charge is 2.22. The number of hydrogen-bond donors (Lipinski definition) is 1. The summed E-state index contributed by atoms with van der Waals surface area (Å²) in [5.74, 6) is 0.771. The summed E-state index contributed by atoms with van der Waals surface area (Å²) in [5.41, 5.74) is 3.76. The number of benzene rings is 2. The number of tetrazole rings is 1. The maximum atomic E-state index is 12.8. The minimum Gasteiger partial charge on any atom is -0.318 e. The number of rotatable bonds is 5. The third-order valence-corrected chi connectivity index (χ3v) is 5.88. The van der Waals surface area contributed by atoms with E-state index >= 15 is 0 Å². The molecule has 0 aliphatic heterocycles. The molecule has 0 aliphatic carbocycles. The first-order valence-corrected chi connectivity index (χ1v) is 11.3. The van der Waals surface area contributed by atoms with E-state index in [4.69, 9.17) is 4.98 Å². The largest absolute Gasteiger partial charge is 0.329 e. The van der Waals surface area contributed by atoms with Crippen LogP contribution in [0.2, 0.25) is 0 Å². The van der Waals surface area contributed by atoms with Gasteiger partial charge in [-0.15, -0.1) is 5.10 Å². The first kappa shape index (κ1) is 22.5. The first-order valence-electron chi connectivity index (χ1n) is 11.3. The summed E-state index contributed by atoms with van der Waals surface area (Å²) in [4.78, 5) is 32.0. The number of aromatic amines is 1. The molecule has 0 saturated heterocycles. The van der Waals surface area contributed by atoms with Crippen LogP contribution in [0.15, 0.2) is 64.4 Å². The van der Waals surface area contributed by atoms with Crippen molar-refractivity contribution in [3.63, 3.8) is 0 Å². The van der Waals surface area contributed by atoms with Gasteiger partial charge in [-0.1, -0.05) is 63.2 Å². The number of para-hydroxylation sites is 1. The van der Waals surface area contributed by atoms with Crippen LogP contribution in [0.3, 0.4) is 0 Å². The molecular weight excluding hydrogens is 444 g/mol. The molecule has 0 saturated carbocycles. The molecular formula is C25H26N8O2. The average molecular weight is 471 g/mol. The van der Waals surface area contributed by atoms with Gasteiger partial charge in [0.15, 0.2) is 11.2 Å². The maximum absolute atomic E-state index is 12.8. The molecule has 2 aromatic carbocycles. The second-order valence-electron chi connectivity index (χ2n) is 9.81. The molecule has 0 fully saturated rings. The van der Waals surface area contributed by atoms with Crippen LogP contribution in [0, 0.1) is 5.41 Å². The summed E-state index contributed by atoms with van der Waals surface area (Å²) in [6, 6.07) is 16.1. The molecule has 0 aliphatic rings. The van der Waals surface area contributed by atoms with Crippen LogP contribution in [0.1, 0.15) is 32.2 Å². The second-order valence-corrected chi connectivity index (χ2v) is 9.81. The molecule has 5 rings (SSSR count). The summed E-state index contributed by atoms with van der Waals surface area (Å²) in [5, 5.41) is 11.5. The van der Waals surface area contributed by atoms with E-state index in [2.05, 4.69) is 41.3 Å². The van der Waals surface area contributed by atoms with E-state index in [1.54, 1.807) is 18.1 Å². The number of nitrogens with one attached hydrogen (secondary N) is 1. The lowest BCUT2D eigenvalue weighted by molar-refractivity contribution is 0.394. The standard InChI is InChI=1S/C25H26N8O2/c1-25(2,3)13-20-27-22-21(23(34)28-24(35)31(22)4)32(20)14-16-9-11-17(12-10-16)18-7-5-6-8-19(18)33-15-26-29-30-33/h5-12,15H,13-14H2,1-4H3,(H,28,34,35). The highest BCUT2D eigenvalue weighted by atomic mass is 16.2. The molecule has 0 atom stereocenters. The number of aryl methyl sites for hydroxylation is 1. The summed E-state index contributed by atoms with van der Waals surface area (Å²) in [6.07, 6.45) is 2.23. The highest BCUT2D eigenvalue weighted by Crippen LogP contribution is 2.27. The van der Waals surface area contributed by atoms with Crippen molar-refractivity contribution in [2.45, 2.75) is 33.7 Å². The van der Waals surface area contributed by atoms with E-state index in [0.717, 1.165) is 28.2 Å². The predicted octanol–water partition coefficient (Wildman–Crippen LogP) is 2.70. The molecule has 0 radical (unpaired) electrons. The number of hydrogen-bond acceptors (Lipinski definition) is 6. The van der Waals surface area contributed by atoms with Gasteiger partial charge in [-0.05, 0) is 33.0 Å². The molecule has 178 valence electrons. The Balaban J connectivity index is 1.56. The van der Waals surface area contributed by atoms with Crippen molar-refractivity contribution in [1.82, 2.24) is 39.3 Å². The van der Waals surface area contributed by atoms with Crippen molar-refractivity contribution in [1.29, 1.82) is 0 Å². The Morgan fingerprint density at radius 3 is 2.43 bits per heavy atom. The van der Waals surface area contributed by atoms with Gasteiger partial charge < -0.3 is 4.57 Å². The second kappa shape index (κ2) is 8.46. The Hall–Kier alpha value is -4.34. The molecule has 0 bridgehead atoms. The highest BCUT2D eigenvalue weighted by molar-refractivity contribution is 5.73. The third kappa shape index (κ3) is 4.30. The first-order chi connectivity index (χ1) is 16.7. The SMILES string of the molecule is Cn1c(=O)[nH]c(=O)c2c1nc(CC(C)(C)C)n2Cc1ccc(-c2ccccc2-n2cnnn2)cc1. The number of H-pyrrole nitrogens is 1. The van der Waals surface area contributed by atoms with E-state index < -0.39 is 11.2 Å². The van der Waals surface area contributed by atoms with Gasteiger partial charge in [-0.3, -0.25) is 14.3 Å². The fourth-order valence-corrected chi connectivity index (χ4v) is 4.22. The van der Waals surface area contributed by atoms with Crippen LogP contribution >= 0.6 is 0 Å². The lowest BCUT2D eigenvalue weighted by Crippen LogP contribution is -2.29. The van der Waals surface area contributed by atoms with Gasteiger partial charge in [-0.25, -0.2) is 9.78 Å². The summed E-state index contributed by atoms with van der Waals surface area (Å²) < 4.78 is 4.94. The predicted molar refractivity (Wildman–Crippen MR) is 132 cm³/mol. The zero-order valence-electron chi connectivity index (χ0n) is 20.1. The van der Waals surface area contributed by atoms with E-state index in [-0.39, 0.29) is 5.41 Å². The Morgan fingerprint density at radius 1 is 1.00 bits per heavy atom. The molecule has 3 aromatic heterocycles. The van der Waals surface area contributed by atoms with Gasteiger partial charge in [0.1, 0.15) is 12.2 Å². The molecule has 1 N–H and O–H groups in total. The van der Waals surface area contributed by atoms with Crippen molar-refractivity contribution < 1.29 is 0 Å². The molecule has 0 spiro atoms. The van der Waals surface area contributed by atoms with Crippen molar-refractivity contribution in [2.24, 2.45) is 12.5 Å². The van der Waals surface area contributed by atoms with Crippen molar-refractivity contribution in [3.05, 3.63) is 87.1 Å². The van der Waals surface area contributed by atoms with Crippen molar-refractivity contribution in [2.75, 3.05) is 0 Å². The quantitative estimate of drug-likeness (QED) is 0.422. The zero-order valence-corrected chi connectivity index (χ0v) is 20.1. The molecule has 0 amide bonds. The normalized spacial score (nSPS) is 11.9. The topological polar surface area (TPSA) is 116 Å². The molecule has 10 heteroatoms. The minimum absolute atomic E-state index is 0.0471. The summed E-state index contributed by atoms with van der Waals surface area (Å²) >= 11 is 0. The summed E-state index contributed by atoms with van der Waals surface area (Å²) in [7, 11) is 1.62. The minimum atomic E-state index is -0.472. The van der Waals surface area contributed by atoms with E-state index in [0.29, 0.717) is 24.1 Å². The third-order valence-electron chi connectivity index (χ3n) is 5.88. The average Bonchev–Trinajstić information content (AvgIpc) is 3.46. The maximum Gasteiger partial charge on any atom is 0.329 e. The van der Waals surface area contributed by atoms with Crippen LogP contribution < -0.4 is 11.2 Å². The van der Waals surface area contributed by atoms with Gasteiger partial charge in [0, 0.05) is 25.6 Å². The van der Waals surface area contributed by atoms with E-state index in [1.165, 1.54) is 4.57 Å². The molecule has 35 heavy (non-hydrogen) atoms. The Kier molecular flexibility index (Phi) is 5.43. The van der Waals surface area contributed by atoms with Gasteiger partial charge in [-0.2, -0.15) is 4.68 Å². The molecule has 5 aromatic rings. The van der Waals surface area contributed by atoms with Crippen LogP contribution in [-0.4, -0.2) is 39.3 Å². The van der Waals surface area contributed by atoms with Gasteiger partial charge in [0.25, 0.3) is 5.56 Å². The van der Waals surface area contributed by atoms with Crippen molar-refractivity contribution in [3.8, 4) is 16.8 Å². The van der Waals surface area contributed by atoms with Gasteiger partial charge in [0.2, 0.25) is 0 Å². The van der Waals surface area contributed by atoms with Gasteiger partial charge in [0.05, 0.1) is 5.69 Å². The zero-order chi connectivity index (χ0) is 24.7.